The van der Waals surface area contributed by atoms with Crippen LogP contribution in [0.2, 0.25) is 0 Å². The first kappa shape index (κ1) is 14.2. The third-order valence-corrected chi connectivity index (χ3v) is 4.24. The number of hydrogen-bond donors (Lipinski definition) is 2. The van der Waals surface area contributed by atoms with Crippen LogP contribution >= 0.6 is 0 Å². The molecule has 5 heteroatoms. The van der Waals surface area contributed by atoms with Crippen molar-refractivity contribution in [3.63, 3.8) is 0 Å². The number of hydrogen-bond acceptors (Lipinski definition) is 3. The van der Waals surface area contributed by atoms with Gasteiger partial charge < -0.3 is 10.6 Å². The van der Waals surface area contributed by atoms with Gasteiger partial charge in [0.05, 0.1) is 6.04 Å². The third-order valence-electron chi connectivity index (χ3n) is 3.27. The fourth-order valence-electron chi connectivity index (χ4n) is 2.38. The molecule has 2 rings (SSSR count). The summed E-state index contributed by atoms with van der Waals surface area (Å²) >= 11 is 0. The predicted octanol–water partition coefficient (Wildman–Crippen LogP) is 0.584. The molecule has 1 aromatic rings. The van der Waals surface area contributed by atoms with Gasteiger partial charge in [-0.2, -0.15) is 0 Å². The number of nitrogens with one attached hydrogen (secondary N) is 2. The fraction of sp³-hybridized carbons (Fsp3) is 0.500. The van der Waals surface area contributed by atoms with E-state index in [0.29, 0.717) is 12.2 Å². The second-order valence-corrected chi connectivity index (χ2v) is 6.54. The van der Waals surface area contributed by atoms with E-state index in [1.54, 1.807) is 6.26 Å². The quantitative estimate of drug-likeness (QED) is 0.848. The lowest BCUT2D eigenvalue weighted by Crippen LogP contribution is -2.50. The van der Waals surface area contributed by atoms with Gasteiger partial charge in [0.25, 0.3) is 0 Å². The molecule has 1 aliphatic heterocycles. The molecule has 1 amide bonds. The Hall–Kier alpha value is -1.20. The van der Waals surface area contributed by atoms with Crippen molar-refractivity contribution in [1.29, 1.82) is 0 Å². The van der Waals surface area contributed by atoms with Gasteiger partial charge in [-0.1, -0.05) is 24.3 Å². The highest BCUT2D eigenvalue weighted by atomic mass is 32.2. The van der Waals surface area contributed by atoms with Crippen LogP contribution in [0.25, 0.3) is 0 Å². The van der Waals surface area contributed by atoms with E-state index in [4.69, 9.17) is 0 Å². The maximum Gasteiger partial charge on any atom is 0.237 e. The summed E-state index contributed by atoms with van der Waals surface area (Å²) in [7, 11) is -0.888. The zero-order valence-corrected chi connectivity index (χ0v) is 12.1. The average Bonchev–Trinajstić information content (AvgIpc) is 2.37. The molecule has 4 nitrogen and oxygen atoms in total. The van der Waals surface area contributed by atoms with Gasteiger partial charge in [-0.15, -0.1) is 0 Å². The minimum atomic E-state index is -0.888. The monoisotopic (exact) mass is 280 g/mol. The van der Waals surface area contributed by atoms with E-state index >= 15 is 0 Å². The Labute approximate surface area is 116 Å². The summed E-state index contributed by atoms with van der Waals surface area (Å²) in [6, 6.07) is 7.92. The van der Waals surface area contributed by atoms with Gasteiger partial charge in [-0.3, -0.25) is 9.00 Å². The normalized spacial score (nSPS) is 21.3. The minimum Gasteiger partial charge on any atom is -0.351 e. The molecular formula is C14H20N2O2S. The first-order valence-electron chi connectivity index (χ1n) is 6.47. The van der Waals surface area contributed by atoms with Crippen LogP contribution in [0.15, 0.2) is 24.3 Å². The first-order valence-corrected chi connectivity index (χ1v) is 8.19. The van der Waals surface area contributed by atoms with Gasteiger partial charge in [0.1, 0.15) is 0 Å². The fourth-order valence-corrected chi connectivity index (χ4v) is 3.16. The van der Waals surface area contributed by atoms with E-state index in [1.807, 2.05) is 19.1 Å². The van der Waals surface area contributed by atoms with Crippen LogP contribution in [-0.4, -0.2) is 34.2 Å². The molecule has 1 aromatic carbocycles. The number of carbonyl (C=O) groups excluding carboxylic acids is 1. The molecule has 0 saturated heterocycles. The smallest absolute Gasteiger partial charge is 0.237 e. The Morgan fingerprint density at radius 3 is 2.84 bits per heavy atom. The van der Waals surface area contributed by atoms with E-state index in [1.165, 1.54) is 11.1 Å². The Bertz CT molecular complexity index is 490. The zero-order chi connectivity index (χ0) is 13.8. The molecule has 3 atom stereocenters. The van der Waals surface area contributed by atoms with Crippen molar-refractivity contribution in [1.82, 2.24) is 10.6 Å². The molecule has 0 bridgehead atoms. The molecule has 1 heterocycles. The maximum absolute atomic E-state index is 12.1. The summed E-state index contributed by atoms with van der Waals surface area (Å²) < 4.78 is 11.1. The summed E-state index contributed by atoms with van der Waals surface area (Å²) in [5, 5.41) is 6.16. The van der Waals surface area contributed by atoms with Crippen molar-refractivity contribution in [2.45, 2.75) is 32.0 Å². The molecule has 0 aliphatic carbocycles. The molecule has 0 aromatic heterocycles. The highest BCUT2D eigenvalue weighted by molar-refractivity contribution is 7.84. The van der Waals surface area contributed by atoms with Crippen LogP contribution in [0.1, 0.15) is 18.1 Å². The van der Waals surface area contributed by atoms with Gasteiger partial charge in [0.15, 0.2) is 0 Å². The van der Waals surface area contributed by atoms with Gasteiger partial charge in [-0.25, -0.2) is 0 Å². The molecule has 0 radical (unpaired) electrons. The van der Waals surface area contributed by atoms with Crippen molar-refractivity contribution in [2.24, 2.45) is 0 Å². The molecule has 0 saturated carbocycles. The second kappa shape index (κ2) is 6.30. The number of benzene rings is 1. The topological polar surface area (TPSA) is 58.2 Å². The number of carbonyl (C=O) groups is 1. The van der Waals surface area contributed by atoms with Gasteiger partial charge in [-0.05, 0) is 24.5 Å². The largest absolute Gasteiger partial charge is 0.351 e. The van der Waals surface area contributed by atoms with Gasteiger partial charge >= 0.3 is 0 Å². The van der Waals surface area contributed by atoms with Crippen molar-refractivity contribution in [3.05, 3.63) is 35.4 Å². The molecule has 0 fully saturated rings. The van der Waals surface area contributed by atoms with E-state index in [9.17, 15) is 9.00 Å². The molecule has 2 N–H and O–H groups in total. The van der Waals surface area contributed by atoms with Crippen LogP contribution < -0.4 is 10.6 Å². The van der Waals surface area contributed by atoms with Crippen LogP contribution in [0.3, 0.4) is 0 Å². The first-order chi connectivity index (χ1) is 9.06. The summed E-state index contributed by atoms with van der Waals surface area (Å²) in [4.78, 5) is 12.1. The highest BCUT2D eigenvalue weighted by Crippen LogP contribution is 2.16. The molecule has 1 aliphatic rings. The SMILES string of the molecule is CC(CS(C)=O)NC(=O)C1Cc2ccccc2CN1. The number of fused-ring (bicyclic) bond motifs is 1. The molecular weight excluding hydrogens is 260 g/mol. The van der Waals surface area contributed by atoms with Crippen molar-refractivity contribution < 1.29 is 9.00 Å². The summed E-state index contributed by atoms with van der Waals surface area (Å²) in [6.45, 7) is 2.61. The van der Waals surface area contributed by atoms with E-state index in [0.717, 1.165) is 6.54 Å². The lowest BCUT2D eigenvalue weighted by Gasteiger charge is -2.26. The van der Waals surface area contributed by atoms with Gasteiger partial charge in [0, 0.05) is 35.4 Å². The maximum atomic E-state index is 12.1. The molecule has 104 valence electrons. The predicted molar refractivity (Wildman–Crippen MR) is 77.3 cm³/mol. The van der Waals surface area contributed by atoms with Crippen molar-refractivity contribution in [3.8, 4) is 0 Å². The van der Waals surface area contributed by atoms with Gasteiger partial charge in [0.2, 0.25) is 5.91 Å². The van der Waals surface area contributed by atoms with Crippen LogP contribution in [0.5, 0.6) is 0 Å². The Morgan fingerprint density at radius 2 is 2.16 bits per heavy atom. The Balaban J connectivity index is 1.93. The second-order valence-electron chi connectivity index (χ2n) is 5.06. The van der Waals surface area contributed by atoms with E-state index < -0.39 is 10.8 Å². The van der Waals surface area contributed by atoms with Crippen LogP contribution in [0, 0.1) is 0 Å². The highest BCUT2D eigenvalue weighted by Gasteiger charge is 2.24. The van der Waals surface area contributed by atoms with E-state index in [2.05, 4.69) is 22.8 Å². The number of amides is 1. The summed E-state index contributed by atoms with van der Waals surface area (Å²) in [6.07, 6.45) is 2.36. The van der Waals surface area contributed by atoms with Crippen molar-refractivity contribution >= 4 is 16.7 Å². The molecule has 0 spiro atoms. The summed E-state index contributed by atoms with van der Waals surface area (Å²) in [5.74, 6) is 0.488. The standard InChI is InChI=1S/C14H20N2O2S/c1-10(9-19(2)18)16-14(17)13-7-11-5-3-4-6-12(11)8-15-13/h3-6,10,13,15H,7-9H2,1-2H3,(H,16,17). The molecule has 3 unspecified atom stereocenters. The lowest BCUT2D eigenvalue weighted by atomic mass is 9.95. The summed E-state index contributed by atoms with van der Waals surface area (Å²) in [5.41, 5.74) is 2.49. The molecule has 19 heavy (non-hydrogen) atoms. The Morgan fingerprint density at radius 1 is 1.47 bits per heavy atom. The van der Waals surface area contributed by atoms with Crippen molar-refractivity contribution in [2.75, 3.05) is 12.0 Å². The van der Waals surface area contributed by atoms with Crippen LogP contribution in [-0.2, 0) is 28.6 Å². The minimum absolute atomic E-state index is 0.00699. The average molecular weight is 280 g/mol. The van der Waals surface area contributed by atoms with Crippen LogP contribution in [0.4, 0.5) is 0 Å². The third kappa shape index (κ3) is 3.88. The lowest BCUT2D eigenvalue weighted by molar-refractivity contribution is -0.123. The number of rotatable bonds is 4. The van der Waals surface area contributed by atoms with E-state index in [-0.39, 0.29) is 18.0 Å². The zero-order valence-electron chi connectivity index (χ0n) is 11.3. The Kier molecular flexibility index (Phi) is 4.71.